The lowest BCUT2D eigenvalue weighted by atomic mass is 10.0. The van der Waals surface area contributed by atoms with Gasteiger partial charge in [-0.15, -0.1) is 4.80 Å². The lowest BCUT2D eigenvalue weighted by Crippen LogP contribution is -2.40. The minimum absolute atomic E-state index is 0.0203. The Morgan fingerprint density at radius 1 is 1.19 bits per heavy atom. The predicted molar refractivity (Wildman–Crippen MR) is 114 cm³/mol. The number of aromatic nitrogens is 4. The van der Waals surface area contributed by atoms with Crippen molar-refractivity contribution in [2.45, 2.75) is 32.2 Å². The van der Waals surface area contributed by atoms with Gasteiger partial charge < -0.3 is 15.4 Å². The minimum atomic E-state index is -2.11. The molecule has 1 aliphatic carbocycles. The summed E-state index contributed by atoms with van der Waals surface area (Å²) in [5.41, 5.74) is 0.282. The van der Waals surface area contributed by atoms with Crippen LogP contribution in [0.2, 0.25) is 0 Å². The van der Waals surface area contributed by atoms with E-state index in [2.05, 4.69) is 25.8 Å². The number of halogens is 1. The summed E-state index contributed by atoms with van der Waals surface area (Å²) in [6, 6.07) is 7.66. The topological polar surface area (TPSA) is 111 Å². The van der Waals surface area contributed by atoms with Gasteiger partial charge in [0.2, 0.25) is 5.91 Å². The highest BCUT2D eigenvalue weighted by Gasteiger charge is 2.31. The first-order valence-electron chi connectivity index (χ1n) is 11.1. The third-order valence-electron chi connectivity index (χ3n) is 5.00. The first kappa shape index (κ1) is 18.9. The Hall–Kier alpha value is -3.82. The van der Waals surface area contributed by atoms with Crippen molar-refractivity contribution < 1.29 is 21.5 Å². The number of pyridine rings is 1. The maximum Gasteiger partial charge on any atom is 0.272 e. The van der Waals surface area contributed by atoms with E-state index in [1.807, 2.05) is 0 Å². The van der Waals surface area contributed by atoms with Crippen LogP contribution in [0.3, 0.4) is 0 Å². The molecule has 0 spiro atoms. The van der Waals surface area contributed by atoms with Crippen molar-refractivity contribution in [1.82, 2.24) is 25.3 Å². The number of rotatable bonds is 7. The van der Waals surface area contributed by atoms with E-state index in [4.69, 9.17) is 7.48 Å². The van der Waals surface area contributed by atoms with Gasteiger partial charge in [-0.2, -0.15) is 10.2 Å². The van der Waals surface area contributed by atoms with Gasteiger partial charge in [-0.3, -0.25) is 9.59 Å². The summed E-state index contributed by atoms with van der Waals surface area (Å²) >= 11 is 0. The van der Waals surface area contributed by atoms with Crippen molar-refractivity contribution >= 4 is 17.6 Å². The number of anilines is 1. The molecule has 0 saturated heterocycles. The van der Waals surface area contributed by atoms with Crippen molar-refractivity contribution in [1.29, 1.82) is 0 Å². The molecule has 3 aromatic rings. The molecule has 1 fully saturated rings. The summed E-state index contributed by atoms with van der Waals surface area (Å²) in [4.78, 5) is 30.2. The number of nitrogens with one attached hydrogen (secondary N) is 2. The highest BCUT2D eigenvalue weighted by atomic mass is 19.1. The predicted octanol–water partition coefficient (Wildman–Crippen LogP) is 2.74. The second kappa shape index (κ2) is 9.54. The van der Waals surface area contributed by atoms with Crippen LogP contribution in [0.5, 0.6) is 5.75 Å². The molecular formula is C22H23FN6O3. The summed E-state index contributed by atoms with van der Waals surface area (Å²) in [5.74, 6) is -1.62. The van der Waals surface area contributed by atoms with Gasteiger partial charge in [0.25, 0.3) is 5.91 Å². The summed E-state index contributed by atoms with van der Waals surface area (Å²) in [6.07, 6.45) is 4.64. The van der Waals surface area contributed by atoms with Crippen LogP contribution < -0.4 is 15.4 Å². The zero-order valence-corrected chi connectivity index (χ0v) is 17.3. The average molecular weight is 440 g/mol. The van der Waals surface area contributed by atoms with Crippen LogP contribution in [0.25, 0.3) is 5.69 Å². The van der Waals surface area contributed by atoms with E-state index >= 15 is 0 Å². The minimum Gasteiger partial charge on any atom is -0.493 e. The van der Waals surface area contributed by atoms with Crippen LogP contribution >= 0.6 is 0 Å². The van der Waals surface area contributed by atoms with E-state index in [1.165, 1.54) is 54.4 Å². The molecule has 2 atom stereocenters. The molecule has 4 rings (SSSR count). The molecule has 2 heterocycles. The fraction of sp³-hybridized carbons (Fsp3) is 0.318. The molecule has 1 aliphatic rings. The largest absolute Gasteiger partial charge is 0.493 e. The molecule has 1 aromatic carbocycles. The zero-order valence-electron chi connectivity index (χ0n) is 19.3. The van der Waals surface area contributed by atoms with Crippen LogP contribution in [-0.4, -0.2) is 44.4 Å². The van der Waals surface area contributed by atoms with E-state index in [0.29, 0.717) is 24.9 Å². The monoisotopic (exact) mass is 440 g/mol. The zero-order chi connectivity index (χ0) is 24.3. The van der Waals surface area contributed by atoms with Crippen molar-refractivity contribution in [3.05, 3.63) is 60.3 Å². The molecule has 166 valence electrons. The van der Waals surface area contributed by atoms with Gasteiger partial charge in [-0.05, 0) is 49.2 Å². The molecular weight excluding hydrogens is 415 g/mol. The van der Waals surface area contributed by atoms with Crippen LogP contribution in [0.15, 0.2) is 48.8 Å². The lowest BCUT2D eigenvalue weighted by Gasteiger charge is -2.22. The summed E-state index contributed by atoms with van der Waals surface area (Å²) < 4.78 is 35.7. The van der Waals surface area contributed by atoms with Crippen LogP contribution in [-0.2, 0) is 4.79 Å². The molecule has 0 unspecified atom stereocenters. The molecule has 32 heavy (non-hydrogen) atoms. The Bertz CT molecular complexity index is 1170. The Balaban J connectivity index is 1.56. The highest BCUT2D eigenvalue weighted by Crippen LogP contribution is 2.27. The second-order valence-electron chi connectivity index (χ2n) is 7.36. The van der Waals surface area contributed by atoms with E-state index in [9.17, 15) is 14.0 Å². The highest BCUT2D eigenvalue weighted by molar-refractivity contribution is 5.97. The van der Waals surface area contributed by atoms with E-state index < -0.39 is 30.2 Å². The Morgan fingerprint density at radius 3 is 2.66 bits per heavy atom. The number of nitrogens with zero attached hydrogens (tertiary/aromatic N) is 4. The van der Waals surface area contributed by atoms with Gasteiger partial charge >= 0.3 is 0 Å². The number of hydrogen-bond acceptors (Lipinski definition) is 6. The Kier molecular flexibility index (Phi) is 5.64. The quantitative estimate of drug-likeness (QED) is 0.584. The molecule has 0 bridgehead atoms. The molecule has 0 aliphatic heterocycles. The van der Waals surface area contributed by atoms with Crippen LogP contribution in [0.1, 0.15) is 39.4 Å². The summed E-state index contributed by atoms with van der Waals surface area (Å²) in [7, 11) is 0. The van der Waals surface area contributed by atoms with Crippen LogP contribution in [0, 0.1) is 11.7 Å². The van der Waals surface area contributed by atoms with Crippen molar-refractivity contribution in [2.75, 3.05) is 11.9 Å². The number of amides is 2. The second-order valence-corrected chi connectivity index (χ2v) is 7.36. The van der Waals surface area contributed by atoms with Crippen molar-refractivity contribution in [3.8, 4) is 11.4 Å². The number of carbonyl (C=O) groups is 2. The van der Waals surface area contributed by atoms with Gasteiger partial charge in [-0.1, -0.05) is 6.42 Å². The van der Waals surface area contributed by atoms with Gasteiger partial charge in [-0.25, -0.2) is 9.37 Å². The van der Waals surface area contributed by atoms with E-state index in [1.54, 1.807) is 6.07 Å². The number of benzene rings is 1. The Labute approximate surface area is 186 Å². The standard InChI is InChI=1S/C22H23FN6O3/c1-14(30)26-20-10-9-19(29-24-11-12-25-29)21(28-20)22(31)27-18-4-2-3-15(18)13-32-17-7-5-16(23)6-8-17/h5-12,15,18H,2-4,13H2,1H3,(H,27,31)(H,26,28,30)/t15-,18+/m1/s1/i13D2. The Morgan fingerprint density at radius 2 is 1.94 bits per heavy atom. The average Bonchev–Trinajstić information content (AvgIpc) is 3.47. The van der Waals surface area contributed by atoms with Gasteiger partial charge in [0, 0.05) is 18.9 Å². The first-order valence-corrected chi connectivity index (χ1v) is 10.1. The maximum absolute atomic E-state index is 13.3. The normalized spacial score (nSPS) is 19.1. The fourth-order valence-electron chi connectivity index (χ4n) is 3.53. The molecule has 2 amide bonds. The molecule has 9 nitrogen and oxygen atoms in total. The molecule has 1 saturated carbocycles. The van der Waals surface area contributed by atoms with E-state index in [0.717, 1.165) is 0 Å². The van der Waals surface area contributed by atoms with Gasteiger partial charge in [0.05, 0.1) is 21.7 Å². The van der Waals surface area contributed by atoms with E-state index in [-0.39, 0.29) is 23.2 Å². The summed E-state index contributed by atoms with van der Waals surface area (Å²) in [6.45, 7) is -0.777. The first-order chi connectivity index (χ1) is 16.2. The van der Waals surface area contributed by atoms with Crippen LogP contribution in [0.4, 0.5) is 10.2 Å². The molecule has 0 radical (unpaired) electrons. The van der Waals surface area contributed by atoms with Gasteiger partial charge in [0.1, 0.15) is 23.1 Å². The third kappa shape index (κ3) is 5.08. The number of ether oxygens (including phenoxy) is 1. The smallest absolute Gasteiger partial charge is 0.272 e. The molecule has 2 aromatic heterocycles. The maximum atomic E-state index is 13.3. The third-order valence-corrected chi connectivity index (χ3v) is 5.00. The number of hydrogen-bond donors (Lipinski definition) is 2. The summed E-state index contributed by atoms with van der Waals surface area (Å²) in [5, 5.41) is 13.5. The molecule has 10 heteroatoms. The van der Waals surface area contributed by atoms with Crippen molar-refractivity contribution in [2.24, 2.45) is 5.92 Å². The number of carbonyl (C=O) groups excluding carboxylic acids is 2. The molecule has 2 N–H and O–H groups in total. The van der Waals surface area contributed by atoms with Gasteiger partial charge in [0.15, 0.2) is 5.69 Å². The lowest BCUT2D eigenvalue weighted by molar-refractivity contribution is -0.114. The van der Waals surface area contributed by atoms with Crippen molar-refractivity contribution in [3.63, 3.8) is 0 Å². The SMILES string of the molecule is [2H]C([2H])(Oc1ccc(F)cc1)[C@H]1CCC[C@@H]1NC(=O)c1nc(NC(C)=O)ccc1-n1nccn1. The fourth-order valence-corrected chi connectivity index (χ4v) is 3.53.